The quantitative estimate of drug-likeness (QED) is 0.854. The Morgan fingerprint density at radius 2 is 1.96 bits per heavy atom. The van der Waals surface area contributed by atoms with Gasteiger partial charge in [-0.2, -0.15) is 5.10 Å². The number of amides is 1. The highest BCUT2D eigenvalue weighted by Gasteiger charge is 2.16. The van der Waals surface area contributed by atoms with Crippen molar-refractivity contribution in [3.05, 3.63) is 40.3 Å². The summed E-state index contributed by atoms with van der Waals surface area (Å²) in [7, 11) is 0. The van der Waals surface area contributed by atoms with Crippen LogP contribution in [0.1, 0.15) is 50.5 Å². The van der Waals surface area contributed by atoms with Crippen LogP contribution in [0.15, 0.2) is 29.1 Å². The van der Waals surface area contributed by atoms with E-state index >= 15 is 0 Å². The predicted molar refractivity (Wildman–Crippen MR) is 92.7 cm³/mol. The van der Waals surface area contributed by atoms with Gasteiger partial charge in [-0.25, -0.2) is 4.68 Å². The van der Waals surface area contributed by atoms with Crippen LogP contribution in [0.5, 0.6) is 0 Å². The summed E-state index contributed by atoms with van der Waals surface area (Å²) in [5.74, 6) is 0.311. The third-order valence-electron chi connectivity index (χ3n) is 3.81. The summed E-state index contributed by atoms with van der Waals surface area (Å²) < 4.78 is 1.42. The molecule has 2 rings (SSSR count). The fraction of sp³-hybridized carbons (Fsp3) is 0.500. The van der Waals surface area contributed by atoms with Crippen LogP contribution in [-0.2, 0) is 6.54 Å². The van der Waals surface area contributed by atoms with Gasteiger partial charge in [0.1, 0.15) is 0 Å². The van der Waals surface area contributed by atoms with Gasteiger partial charge in [0, 0.05) is 18.5 Å². The lowest BCUT2D eigenvalue weighted by Crippen LogP contribution is -2.31. The molecule has 0 saturated heterocycles. The maximum absolute atomic E-state index is 12.5. The van der Waals surface area contributed by atoms with Crippen molar-refractivity contribution in [2.45, 2.75) is 46.6 Å². The Morgan fingerprint density at radius 3 is 2.61 bits per heavy atom. The molecule has 0 saturated carbocycles. The van der Waals surface area contributed by atoms with Gasteiger partial charge < -0.3 is 5.32 Å². The molecule has 0 bridgehead atoms. The molecule has 1 N–H and O–H groups in total. The number of benzene rings is 1. The first-order valence-electron chi connectivity index (χ1n) is 8.32. The predicted octanol–water partition coefficient (Wildman–Crippen LogP) is 2.97. The van der Waals surface area contributed by atoms with E-state index in [9.17, 15) is 9.59 Å². The van der Waals surface area contributed by atoms with Crippen LogP contribution in [0.2, 0.25) is 0 Å². The minimum Gasteiger partial charge on any atom is -0.351 e. The van der Waals surface area contributed by atoms with E-state index in [2.05, 4.69) is 31.2 Å². The summed E-state index contributed by atoms with van der Waals surface area (Å²) >= 11 is 0. The number of nitrogens with zero attached hydrogens (tertiary/aromatic N) is 2. The summed E-state index contributed by atoms with van der Waals surface area (Å²) in [5.41, 5.74) is 0.202. The van der Waals surface area contributed by atoms with E-state index in [4.69, 9.17) is 0 Å². The van der Waals surface area contributed by atoms with Gasteiger partial charge in [-0.15, -0.1) is 0 Å². The van der Waals surface area contributed by atoms with E-state index in [1.54, 1.807) is 12.1 Å². The van der Waals surface area contributed by atoms with Crippen LogP contribution in [0.3, 0.4) is 0 Å². The molecular formula is C18H25N3O2. The Morgan fingerprint density at radius 1 is 1.26 bits per heavy atom. The number of fused-ring (bicyclic) bond motifs is 1. The normalized spacial score (nSPS) is 11.1. The van der Waals surface area contributed by atoms with Crippen molar-refractivity contribution in [1.29, 1.82) is 0 Å². The SMILES string of the molecule is CCCCn1nc(C(=O)NCCC(C)C)c2ccccc2c1=O. The van der Waals surface area contributed by atoms with Gasteiger partial charge in [0.2, 0.25) is 0 Å². The lowest BCUT2D eigenvalue weighted by Gasteiger charge is -2.11. The Bertz CT molecular complexity index is 735. The largest absolute Gasteiger partial charge is 0.351 e. The highest BCUT2D eigenvalue weighted by molar-refractivity contribution is 6.04. The van der Waals surface area contributed by atoms with Crippen molar-refractivity contribution >= 4 is 16.7 Å². The van der Waals surface area contributed by atoms with E-state index in [0.717, 1.165) is 19.3 Å². The Labute approximate surface area is 136 Å². The van der Waals surface area contributed by atoms with Crippen LogP contribution in [0, 0.1) is 5.92 Å². The van der Waals surface area contributed by atoms with Crippen molar-refractivity contribution in [1.82, 2.24) is 15.1 Å². The molecule has 0 fully saturated rings. The molecule has 124 valence electrons. The molecule has 0 aliphatic heterocycles. The van der Waals surface area contributed by atoms with E-state index in [1.807, 2.05) is 12.1 Å². The molecule has 0 unspecified atom stereocenters. The fourth-order valence-corrected chi connectivity index (χ4v) is 2.42. The van der Waals surface area contributed by atoms with Gasteiger partial charge >= 0.3 is 0 Å². The molecule has 0 aliphatic rings. The minimum absolute atomic E-state index is 0.132. The minimum atomic E-state index is -0.216. The second-order valence-corrected chi connectivity index (χ2v) is 6.21. The monoisotopic (exact) mass is 315 g/mol. The summed E-state index contributed by atoms with van der Waals surface area (Å²) in [6.07, 6.45) is 2.75. The van der Waals surface area contributed by atoms with Crippen molar-refractivity contribution in [3.8, 4) is 0 Å². The van der Waals surface area contributed by atoms with Gasteiger partial charge in [-0.3, -0.25) is 9.59 Å². The van der Waals surface area contributed by atoms with Gasteiger partial charge in [0.05, 0.1) is 5.39 Å². The number of unbranched alkanes of at least 4 members (excludes halogenated alkanes) is 1. The number of aromatic nitrogens is 2. The third-order valence-corrected chi connectivity index (χ3v) is 3.81. The lowest BCUT2D eigenvalue weighted by atomic mass is 10.1. The molecule has 5 nitrogen and oxygen atoms in total. The zero-order valence-corrected chi connectivity index (χ0v) is 14.1. The highest BCUT2D eigenvalue weighted by Crippen LogP contribution is 2.13. The van der Waals surface area contributed by atoms with Crippen molar-refractivity contribution < 1.29 is 4.79 Å². The first kappa shape index (κ1) is 17.2. The number of aryl methyl sites for hydroxylation is 1. The zero-order valence-electron chi connectivity index (χ0n) is 14.1. The molecule has 1 heterocycles. The van der Waals surface area contributed by atoms with Crippen molar-refractivity contribution in [3.63, 3.8) is 0 Å². The van der Waals surface area contributed by atoms with Crippen LogP contribution < -0.4 is 10.9 Å². The summed E-state index contributed by atoms with van der Waals surface area (Å²) in [4.78, 5) is 25.0. The Kier molecular flexibility index (Phi) is 5.90. The molecule has 1 aromatic carbocycles. The summed E-state index contributed by atoms with van der Waals surface area (Å²) in [6.45, 7) is 7.44. The van der Waals surface area contributed by atoms with Crippen molar-refractivity contribution in [2.24, 2.45) is 5.92 Å². The van der Waals surface area contributed by atoms with Crippen LogP contribution in [0.4, 0.5) is 0 Å². The molecule has 1 amide bonds. The number of carbonyl (C=O) groups excluding carboxylic acids is 1. The van der Waals surface area contributed by atoms with E-state index in [-0.39, 0.29) is 11.5 Å². The van der Waals surface area contributed by atoms with Crippen LogP contribution in [0.25, 0.3) is 10.8 Å². The van der Waals surface area contributed by atoms with Gasteiger partial charge in [-0.05, 0) is 24.8 Å². The molecule has 1 aromatic heterocycles. The second kappa shape index (κ2) is 7.90. The number of nitrogens with one attached hydrogen (secondary N) is 1. The average molecular weight is 315 g/mol. The third kappa shape index (κ3) is 4.18. The fourth-order valence-electron chi connectivity index (χ4n) is 2.42. The average Bonchev–Trinajstić information content (AvgIpc) is 2.54. The number of hydrogen-bond acceptors (Lipinski definition) is 3. The molecule has 23 heavy (non-hydrogen) atoms. The van der Waals surface area contributed by atoms with Gasteiger partial charge in [-0.1, -0.05) is 45.4 Å². The van der Waals surface area contributed by atoms with Crippen LogP contribution in [-0.4, -0.2) is 22.2 Å². The molecule has 0 aliphatic carbocycles. The molecular weight excluding hydrogens is 290 g/mol. The van der Waals surface area contributed by atoms with E-state index < -0.39 is 0 Å². The standard InChI is InChI=1S/C18H25N3O2/c1-4-5-12-21-18(23)15-9-7-6-8-14(15)16(20-21)17(22)19-11-10-13(2)3/h6-9,13H,4-5,10-12H2,1-3H3,(H,19,22). The summed E-state index contributed by atoms with van der Waals surface area (Å²) in [6, 6.07) is 7.18. The lowest BCUT2D eigenvalue weighted by molar-refractivity contribution is 0.0946. The number of rotatable bonds is 7. The van der Waals surface area contributed by atoms with E-state index in [1.165, 1.54) is 4.68 Å². The molecule has 5 heteroatoms. The second-order valence-electron chi connectivity index (χ2n) is 6.21. The highest BCUT2D eigenvalue weighted by atomic mass is 16.2. The Balaban J connectivity index is 2.39. The van der Waals surface area contributed by atoms with Crippen LogP contribution >= 0.6 is 0 Å². The smallest absolute Gasteiger partial charge is 0.274 e. The number of carbonyl (C=O) groups is 1. The molecule has 0 radical (unpaired) electrons. The molecule has 0 spiro atoms. The van der Waals surface area contributed by atoms with Gasteiger partial charge in [0.15, 0.2) is 5.69 Å². The topological polar surface area (TPSA) is 64.0 Å². The van der Waals surface area contributed by atoms with Gasteiger partial charge in [0.25, 0.3) is 11.5 Å². The molecule has 2 aromatic rings. The van der Waals surface area contributed by atoms with Crippen molar-refractivity contribution in [2.75, 3.05) is 6.54 Å². The number of hydrogen-bond donors (Lipinski definition) is 1. The van der Waals surface area contributed by atoms with E-state index in [0.29, 0.717) is 35.5 Å². The maximum Gasteiger partial charge on any atom is 0.274 e. The zero-order chi connectivity index (χ0) is 16.8. The summed E-state index contributed by atoms with van der Waals surface area (Å²) in [5, 5.41) is 8.40. The maximum atomic E-state index is 12.5. The Hall–Kier alpha value is -2.17. The molecule has 0 atom stereocenters. The first-order valence-corrected chi connectivity index (χ1v) is 8.32. The first-order chi connectivity index (χ1) is 11.0.